The summed E-state index contributed by atoms with van der Waals surface area (Å²) in [6.07, 6.45) is 0. The smallest absolute Gasteiger partial charge is 0.261 e. The topological polar surface area (TPSA) is 59.1 Å². The van der Waals surface area contributed by atoms with E-state index in [9.17, 15) is 8.42 Å². The van der Waals surface area contributed by atoms with Crippen LogP contribution >= 0.6 is 22.9 Å². The summed E-state index contributed by atoms with van der Waals surface area (Å²) in [5, 5.41) is 1.40. The summed E-state index contributed by atoms with van der Waals surface area (Å²) in [5.74, 6) is 0. The highest BCUT2D eigenvalue weighted by molar-refractivity contribution is 7.92. The number of nitrogens with one attached hydrogen (secondary N) is 1. The number of hydrogen-bond donors (Lipinski definition) is 1. The molecule has 0 saturated heterocycles. The summed E-state index contributed by atoms with van der Waals surface area (Å²) in [6.45, 7) is 2.06. The van der Waals surface area contributed by atoms with E-state index < -0.39 is 10.0 Å². The Kier molecular flexibility index (Phi) is 4.63. The maximum Gasteiger partial charge on any atom is 0.261 e. The van der Waals surface area contributed by atoms with Gasteiger partial charge in [0.05, 0.1) is 15.1 Å². The molecule has 3 aromatic carbocycles. The number of aryl methyl sites for hydroxylation is 1. The van der Waals surface area contributed by atoms with Crippen molar-refractivity contribution in [2.24, 2.45) is 0 Å². The molecule has 1 aromatic heterocycles. The Hall–Kier alpha value is -2.41. The fraction of sp³-hybridized carbons (Fsp3) is 0.0500. The molecule has 27 heavy (non-hydrogen) atoms. The number of thiazole rings is 1. The number of rotatable bonds is 4. The van der Waals surface area contributed by atoms with E-state index in [0.717, 1.165) is 20.8 Å². The molecule has 1 heterocycles. The van der Waals surface area contributed by atoms with E-state index in [1.165, 1.54) is 17.7 Å². The van der Waals surface area contributed by atoms with Gasteiger partial charge in [-0.3, -0.25) is 4.72 Å². The highest BCUT2D eigenvalue weighted by Crippen LogP contribution is 2.31. The Balaban J connectivity index is 1.58. The first-order valence-corrected chi connectivity index (χ1v) is 10.8. The predicted molar refractivity (Wildman–Crippen MR) is 112 cm³/mol. The molecule has 4 nitrogen and oxygen atoms in total. The van der Waals surface area contributed by atoms with Crippen molar-refractivity contribution in [3.63, 3.8) is 0 Å². The van der Waals surface area contributed by atoms with E-state index in [-0.39, 0.29) is 4.90 Å². The van der Waals surface area contributed by atoms with Gasteiger partial charge in [-0.15, -0.1) is 11.3 Å². The second-order valence-electron chi connectivity index (χ2n) is 6.13. The van der Waals surface area contributed by atoms with Crippen molar-refractivity contribution >= 4 is 48.9 Å². The van der Waals surface area contributed by atoms with Gasteiger partial charge < -0.3 is 0 Å². The fourth-order valence-corrected chi connectivity index (χ4v) is 4.92. The zero-order valence-corrected chi connectivity index (χ0v) is 16.7. The third kappa shape index (κ3) is 3.83. The van der Waals surface area contributed by atoms with Crippen molar-refractivity contribution in [2.45, 2.75) is 11.8 Å². The number of aromatic nitrogens is 1. The first-order valence-electron chi connectivity index (χ1n) is 8.17. The summed E-state index contributed by atoms with van der Waals surface area (Å²) in [4.78, 5) is 4.82. The summed E-state index contributed by atoms with van der Waals surface area (Å²) in [6, 6.07) is 19.4. The Morgan fingerprint density at radius 1 is 0.963 bits per heavy atom. The zero-order chi connectivity index (χ0) is 19.0. The fourth-order valence-electron chi connectivity index (χ4n) is 2.66. The Bertz CT molecular complexity index is 1220. The van der Waals surface area contributed by atoms with Crippen molar-refractivity contribution in [1.29, 1.82) is 0 Å². The van der Waals surface area contributed by atoms with Gasteiger partial charge in [-0.05, 0) is 73.2 Å². The Morgan fingerprint density at radius 2 is 1.67 bits per heavy atom. The van der Waals surface area contributed by atoms with Crippen LogP contribution in [0.25, 0.3) is 20.8 Å². The summed E-state index contributed by atoms with van der Waals surface area (Å²) >= 11 is 7.43. The second-order valence-corrected chi connectivity index (χ2v) is 9.28. The molecule has 4 aromatic rings. The van der Waals surface area contributed by atoms with E-state index in [1.54, 1.807) is 35.6 Å². The van der Waals surface area contributed by atoms with E-state index in [1.807, 2.05) is 24.3 Å². The number of hydrogen-bond acceptors (Lipinski definition) is 4. The zero-order valence-electron chi connectivity index (χ0n) is 14.3. The molecule has 1 N–H and O–H groups in total. The minimum absolute atomic E-state index is 0.164. The standard InChI is InChI=1S/C20H15ClN2O2S2/c1-13-2-11-18-19(12-13)26-20(22-18)14-3-7-16(8-4-14)23-27(24,25)17-9-5-15(21)6-10-17/h2-12,23H,1H3. The molecule has 0 aliphatic rings. The van der Waals surface area contributed by atoms with E-state index in [2.05, 4.69) is 22.7 Å². The molecular formula is C20H15ClN2O2S2. The largest absolute Gasteiger partial charge is 0.280 e. The monoisotopic (exact) mass is 414 g/mol. The summed E-state index contributed by atoms with van der Waals surface area (Å²) < 4.78 is 28.6. The summed E-state index contributed by atoms with van der Waals surface area (Å²) in [7, 11) is -3.65. The maximum absolute atomic E-state index is 12.5. The molecule has 0 atom stereocenters. The quantitative estimate of drug-likeness (QED) is 0.464. The van der Waals surface area contributed by atoms with Gasteiger partial charge in [0.1, 0.15) is 5.01 Å². The average Bonchev–Trinajstić information content (AvgIpc) is 3.05. The van der Waals surface area contributed by atoms with Crippen LogP contribution in [0, 0.1) is 6.92 Å². The van der Waals surface area contributed by atoms with Crippen molar-refractivity contribution in [3.05, 3.63) is 77.3 Å². The van der Waals surface area contributed by atoms with Gasteiger partial charge in [0.15, 0.2) is 0 Å². The number of halogens is 1. The molecule has 0 unspecified atom stereocenters. The highest BCUT2D eigenvalue weighted by atomic mass is 35.5. The lowest BCUT2D eigenvalue weighted by Crippen LogP contribution is -2.12. The lowest BCUT2D eigenvalue weighted by Gasteiger charge is -2.08. The van der Waals surface area contributed by atoms with Gasteiger partial charge in [-0.1, -0.05) is 17.7 Å². The lowest BCUT2D eigenvalue weighted by atomic mass is 10.2. The number of nitrogens with zero attached hydrogens (tertiary/aromatic N) is 1. The minimum Gasteiger partial charge on any atom is -0.280 e. The number of fused-ring (bicyclic) bond motifs is 1. The van der Waals surface area contributed by atoms with Crippen molar-refractivity contribution in [3.8, 4) is 10.6 Å². The second kappa shape index (κ2) is 6.96. The van der Waals surface area contributed by atoms with E-state index in [0.29, 0.717) is 10.7 Å². The third-order valence-electron chi connectivity index (χ3n) is 4.05. The molecular weight excluding hydrogens is 400 g/mol. The van der Waals surface area contributed by atoms with Crippen LogP contribution in [-0.2, 0) is 10.0 Å². The molecule has 0 saturated carbocycles. The molecule has 0 aliphatic heterocycles. The number of benzene rings is 3. The lowest BCUT2D eigenvalue weighted by molar-refractivity contribution is 0.601. The van der Waals surface area contributed by atoms with E-state index >= 15 is 0 Å². The van der Waals surface area contributed by atoms with Crippen LogP contribution in [0.15, 0.2) is 71.6 Å². The van der Waals surface area contributed by atoms with Crippen molar-refractivity contribution in [1.82, 2.24) is 4.98 Å². The van der Waals surface area contributed by atoms with Crippen LogP contribution in [0.5, 0.6) is 0 Å². The van der Waals surface area contributed by atoms with Gasteiger partial charge in [-0.2, -0.15) is 0 Å². The Labute approximate surface area is 166 Å². The molecule has 0 spiro atoms. The normalized spacial score (nSPS) is 11.6. The maximum atomic E-state index is 12.5. The van der Waals surface area contributed by atoms with Gasteiger partial charge in [0.25, 0.3) is 10.0 Å². The van der Waals surface area contributed by atoms with Crippen LogP contribution in [-0.4, -0.2) is 13.4 Å². The van der Waals surface area contributed by atoms with Crippen LogP contribution in [0.2, 0.25) is 5.02 Å². The van der Waals surface area contributed by atoms with Gasteiger partial charge >= 0.3 is 0 Å². The molecule has 0 aliphatic carbocycles. The van der Waals surface area contributed by atoms with Gasteiger partial charge in [0.2, 0.25) is 0 Å². The highest BCUT2D eigenvalue weighted by Gasteiger charge is 2.14. The van der Waals surface area contributed by atoms with E-state index in [4.69, 9.17) is 11.6 Å². The molecule has 0 fully saturated rings. The molecule has 0 bridgehead atoms. The third-order valence-corrected chi connectivity index (χ3v) is 6.77. The average molecular weight is 415 g/mol. The van der Waals surface area contributed by atoms with Crippen molar-refractivity contribution in [2.75, 3.05) is 4.72 Å². The SMILES string of the molecule is Cc1ccc2nc(-c3ccc(NS(=O)(=O)c4ccc(Cl)cc4)cc3)sc2c1. The number of sulfonamides is 1. The van der Waals surface area contributed by atoms with Gasteiger partial charge in [0, 0.05) is 16.3 Å². The molecule has 4 rings (SSSR count). The first kappa shape index (κ1) is 18.0. The summed E-state index contributed by atoms with van der Waals surface area (Å²) in [5.41, 5.74) is 3.60. The first-order chi connectivity index (χ1) is 12.9. The molecule has 136 valence electrons. The minimum atomic E-state index is -3.65. The van der Waals surface area contributed by atoms with Crippen LogP contribution in [0.3, 0.4) is 0 Å². The van der Waals surface area contributed by atoms with Crippen LogP contribution in [0.1, 0.15) is 5.56 Å². The predicted octanol–water partition coefficient (Wildman–Crippen LogP) is 5.73. The molecule has 0 radical (unpaired) electrons. The van der Waals surface area contributed by atoms with Crippen LogP contribution < -0.4 is 4.72 Å². The van der Waals surface area contributed by atoms with Crippen molar-refractivity contribution < 1.29 is 8.42 Å². The Morgan fingerprint density at radius 3 is 2.37 bits per heavy atom. The molecule has 0 amide bonds. The van der Waals surface area contributed by atoms with Crippen LogP contribution in [0.4, 0.5) is 5.69 Å². The van der Waals surface area contributed by atoms with Gasteiger partial charge in [-0.25, -0.2) is 13.4 Å². The molecule has 7 heteroatoms. The number of anilines is 1.